The molecule has 0 unspecified atom stereocenters. The molecule has 2 heterocycles. The Balaban J connectivity index is 1.92. The highest BCUT2D eigenvalue weighted by molar-refractivity contribution is 5.63. The van der Waals surface area contributed by atoms with Gasteiger partial charge in [0.05, 0.1) is 18.6 Å². The average Bonchev–Trinajstić information content (AvgIpc) is 3.07. The SMILES string of the molecule is COc1ccccc1-c1noc([C@@H]2CNC[C@H]2C)n1. The van der Waals surface area contributed by atoms with Crippen molar-refractivity contribution in [1.82, 2.24) is 15.5 Å². The molecule has 19 heavy (non-hydrogen) atoms. The van der Waals surface area contributed by atoms with Gasteiger partial charge in [-0.1, -0.05) is 24.2 Å². The van der Waals surface area contributed by atoms with Crippen LogP contribution < -0.4 is 10.1 Å². The van der Waals surface area contributed by atoms with E-state index in [0.717, 1.165) is 24.4 Å². The Morgan fingerprint density at radius 1 is 1.32 bits per heavy atom. The van der Waals surface area contributed by atoms with Crippen LogP contribution in [0.15, 0.2) is 28.8 Å². The number of aromatic nitrogens is 2. The molecular weight excluding hydrogens is 242 g/mol. The first-order valence-electron chi connectivity index (χ1n) is 6.47. The average molecular weight is 259 g/mol. The lowest BCUT2D eigenvalue weighted by Crippen LogP contribution is -2.08. The quantitative estimate of drug-likeness (QED) is 0.914. The second-order valence-corrected chi connectivity index (χ2v) is 4.90. The third-order valence-corrected chi connectivity index (χ3v) is 3.62. The molecule has 1 saturated heterocycles. The smallest absolute Gasteiger partial charge is 0.231 e. The van der Waals surface area contributed by atoms with Crippen molar-refractivity contribution in [3.05, 3.63) is 30.2 Å². The fourth-order valence-corrected chi connectivity index (χ4v) is 2.47. The van der Waals surface area contributed by atoms with Gasteiger partial charge in [0.2, 0.25) is 11.7 Å². The second kappa shape index (κ2) is 5.01. The first-order chi connectivity index (χ1) is 9.29. The molecule has 1 N–H and O–H groups in total. The Morgan fingerprint density at radius 2 is 2.16 bits per heavy atom. The minimum Gasteiger partial charge on any atom is -0.496 e. The van der Waals surface area contributed by atoms with Crippen molar-refractivity contribution in [2.24, 2.45) is 5.92 Å². The maximum absolute atomic E-state index is 5.42. The number of hydrogen-bond donors (Lipinski definition) is 1. The molecule has 0 bridgehead atoms. The summed E-state index contributed by atoms with van der Waals surface area (Å²) in [5.74, 6) is 2.87. The number of para-hydroxylation sites is 1. The molecule has 3 rings (SSSR count). The number of rotatable bonds is 3. The van der Waals surface area contributed by atoms with Crippen molar-refractivity contribution >= 4 is 0 Å². The van der Waals surface area contributed by atoms with Crippen LogP contribution in [0.25, 0.3) is 11.4 Å². The van der Waals surface area contributed by atoms with Gasteiger partial charge >= 0.3 is 0 Å². The molecule has 0 radical (unpaired) electrons. The summed E-state index contributed by atoms with van der Waals surface area (Å²) >= 11 is 0. The van der Waals surface area contributed by atoms with Gasteiger partial charge in [0.1, 0.15) is 5.75 Å². The van der Waals surface area contributed by atoms with Crippen LogP contribution in [0, 0.1) is 5.92 Å². The van der Waals surface area contributed by atoms with E-state index in [1.807, 2.05) is 24.3 Å². The molecule has 1 aliphatic heterocycles. The first-order valence-corrected chi connectivity index (χ1v) is 6.47. The summed E-state index contributed by atoms with van der Waals surface area (Å²) in [5.41, 5.74) is 0.860. The largest absolute Gasteiger partial charge is 0.496 e. The van der Waals surface area contributed by atoms with Crippen LogP contribution in [-0.2, 0) is 0 Å². The fourth-order valence-electron chi connectivity index (χ4n) is 2.47. The Kier molecular flexibility index (Phi) is 3.21. The molecule has 1 aromatic heterocycles. The second-order valence-electron chi connectivity index (χ2n) is 4.90. The van der Waals surface area contributed by atoms with Gasteiger partial charge in [-0.2, -0.15) is 4.98 Å². The molecule has 0 amide bonds. The molecule has 1 aromatic carbocycles. The van der Waals surface area contributed by atoms with Crippen LogP contribution in [0.2, 0.25) is 0 Å². The molecule has 1 fully saturated rings. The summed E-state index contributed by atoms with van der Waals surface area (Å²) in [6.45, 7) is 4.09. The third-order valence-electron chi connectivity index (χ3n) is 3.62. The monoisotopic (exact) mass is 259 g/mol. The van der Waals surface area contributed by atoms with E-state index in [1.54, 1.807) is 7.11 Å². The van der Waals surface area contributed by atoms with Crippen LogP contribution in [0.4, 0.5) is 0 Å². The van der Waals surface area contributed by atoms with E-state index in [9.17, 15) is 0 Å². The number of methoxy groups -OCH3 is 1. The zero-order valence-electron chi connectivity index (χ0n) is 11.1. The predicted molar refractivity (Wildman–Crippen MR) is 71.1 cm³/mol. The van der Waals surface area contributed by atoms with Gasteiger partial charge in [-0.05, 0) is 24.6 Å². The normalized spacial score (nSPS) is 22.6. The molecule has 0 aliphatic carbocycles. The van der Waals surface area contributed by atoms with Gasteiger partial charge in [0.25, 0.3) is 0 Å². The number of nitrogens with one attached hydrogen (secondary N) is 1. The summed E-state index contributed by atoms with van der Waals surface area (Å²) in [4.78, 5) is 4.52. The van der Waals surface area contributed by atoms with Gasteiger partial charge in [-0.15, -0.1) is 0 Å². The van der Waals surface area contributed by atoms with Crippen molar-refractivity contribution in [2.45, 2.75) is 12.8 Å². The predicted octanol–water partition coefficient (Wildman–Crippen LogP) is 2.07. The Bertz CT molecular complexity index is 567. The number of benzene rings is 1. The van der Waals surface area contributed by atoms with Gasteiger partial charge in [-0.3, -0.25) is 0 Å². The molecule has 100 valence electrons. The number of hydrogen-bond acceptors (Lipinski definition) is 5. The standard InChI is InChI=1S/C14H17N3O2/c1-9-7-15-8-11(9)14-16-13(17-19-14)10-5-3-4-6-12(10)18-2/h3-6,9,11,15H,7-8H2,1-2H3/t9-,11-/m1/s1. The van der Waals surface area contributed by atoms with E-state index in [1.165, 1.54) is 0 Å². The fraction of sp³-hybridized carbons (Fsp3) is 0.429. The topological polar surface area (TPSA) is 60.2 Å². The van der Waals surface area contributed by atoms with E-state index in [2.05, 4.69) is 22.4 Å². The van der Waals surface area contributed by atoms with Crippen LogP contribution in [0.1, 0.15) is 18.7 Å². The van der Waals surface area contributed by atoms with Crippen molar-refractivity contribution in [2.75, 3.05) is 20.2 Å². The highest BCUT2D eigenvalue weighted by atomic mass is 16.5. The van der Waals surface area contributed by atoms with Crippen molar-refractivity contribution < 1.29 is 9.26 Å². The molecule has 2 atom stereocenters. The molecule has 0 spiro atoms. The summed E-state index contributed by atoms with van der Waals surface area (Å²) < 4.78 is 10.7. The van der Waals surface area contributed by atoms with Crippen LogP contribution in [0.5, 0.6) is 5.75 Å². The van der Waals surface area contributed by atoms with Gasteiger partial charge in [0, 0.05) is 6.54 Å². The van der Waals surface area contributed by atoms with E-state index < -0.39 is 0 Å². The molecule has 2 aromatic rings. The van der Waals surface area contributed by atoms with Crippen molar-refractivity contribution in [1.29, 1.82) is 0 Å². The molecule has 1 aliphatic rings. The summed E-state index contributed by atoms with van der Waals surface area (Å²) in [5, 5.41) is 7.42. The highest BCUT2D eigenvalue weighted by Gasteiger charge is 2.29. The molecular formula is C14H17N3O2. The zero-order valence-corrected chi connectivity index (χ0v) is 11.1. The lowest BCUT2D eigenvalue weighted by molar-refractivity contribution is 0.339. The summed E-state index contributed by atoms with van der Waals surface area (Å²) in [6, 6.07) is 7.69. The highest BCUT2D eigenvalue weighted by Crippen LogP contribution is 2.31. The summed E-state index contributed by atoms with van der Waals surface area (Å²) in [6.07, 6.45) is 0. The van der Waals surface area contributed by atoms with Crippen molar-refractivity contribution in [3.8, 4) is 17.1 Å². The maximum Gasteiger partial charge on any atom is 0.231 e. The van der Waals surface area contributed by atoms with E-state index in [0.29, 0.717) is 23.6 Å². The first kappa shape index (κ1) is 12.2. The van der Waals surface area contributed by atoms with Gasteiger partial charge < -0.3 is 14.6 Å². The van der Waals surface area contributed by atoms with Crippen molar-refractivity contribution in [3.63, 3.8) is 0 Å². The maximum atomic E-state index is 5.42. The lowest BCUT2D eigenvalue weighted by Gasteiger charge is -2.07. The molecule has 5 heteroatoms. The molecule has 0 saturated carbocycles. The Labute approximate surface area is 112 Å². The van der Waals surface area contributed by atoms with Crippen LogP contribution in [0.3, 0.4) is 0 Å². The van der Waals surface area contributed by atoms with E-state index in [4.69, 9.17) is 9.26 Å². The van der Waals surface area contributed by atoms with E-state index in [-0.39, 0.29) is 0 Å². The number of nitrogens with zero attached hydrogens (tertiary/aromatic N) is 2. The summed E-state index contributed by atoms with van der Waals surface area (Å²) in [7, 11) is 1.64. The van der Waals surface area contributed by atoms with Gasteiger partial charge in [0.15, 0.2) is 0 Å². The van der Waals surface area contributed by atoms with Crippen LogP contribution >= 0.6 is 0 Å². The zero-order chi connectivity index (χ0) is 13.2. The Morgan fingerprint density at radius 3 is 2.89 bits per heavy atom. The lowest BCUT2D eigenvalue weighted by atomic mass is 9.98. The molecule has 5 nitrogen and oxygen atoms in total. The van der Waals surface area contributed by atoms with Gasteiger partial charge in [-0.25, -0.2) is 0 Å². The number of ether oxygens (including phenoxy) is 1. The van der Waals surface area contributed by atoms with E-state index >= 15 is 0 Å². The Hall–Kier alpha value is -1.88. The third kappa shape index (κ3) is 2.21. The minimum absolute atomic E-state index is 0.302. The minimum atomic E-state index is 0.302. The van der Waals surface area contributed by atoms with Crippen LogP contribution in [-0.4, -0.2) is 30.3 Å².